The molecule has 8 nitrogen and oxygen atoms in total. The smallest absolute Gasteiger partial charge is 0.477 e. The van der Waals surface area contributed by atoms with Crippen LogP contribution in [0.1, 0.15) is 24.1 Å². The van der Waals surface area contributed by atoms with Gasteiger partial charge in [-0.3, -0.25) is 4.90 Å². The average molecular weight is 573 g/mol. The summed E-state index contributed by atoms with van der Waals surface area (Å²) in [5.41, 5.74) is 0.0886. The Hall–Kier alpha value is -2.91. The van der Waals surface area contributed by atoms with Crippen LogP contribution < -0.4 is 4.74 Å². The molecule has 4 rings (SSSR count). The average Bonchev–Trinajstić information content (AvgIpc) is 3.36. The van der Waals surface area contributed by atoms with Crippen molar-refractivity contribution in [3.8, 4) is 5.88 Å². The summed E-state index contributed by atoms with van der Waals surface area (Å²) >= 11 is 1.84. The zero-order valence-electron chi connectivity index (χ0n) is 19.9. The number of fused-ring (bicyclic) bond motifs is 1. The Bertz CT molecular complexity index is 982. The molecular weight excluding hydrogens is 546 g/mol. The molecule has 0 aliphatic carbocycles. The quantitative estimate of drug-likeness (QED) is 0.489. The maximum absolute atomic E-state index is 10.6. The standard InChI is InChI=1S/C19H24N2O2S.2C2HF3O2/c1-2-9-20-18(6-1)23-15-19-8-4-11-22-17(19)7-10-21(14-19)13-16-5-3-12-24-16;2*3-2(4,5)1(6)7/h1-3,5-6,9,12,17H,4,7-8,10-11,13-15H2;2*(H,6,7). The van der Waals surface area contributed by atoms with Crippen LogP contribution in [0.25, 0.3) is 0 Å². The van der Waals surface area contributed by atoms with Crippen molar-refractivity contribution in [2.75, 3.05) is 26.3 Å². The minimum atomic E-state index is -5.08. The lowest BCUT2D eigenvalue weighted by molar-refractivity contribution is -0.193. The fourth-order valence-electron chi connectivity index (χ4n) is 4.00. The molecule has 2 atom stereocenters. The molecule has 2 N–H and O–H groups in total. The fourth-order valence-corrected chi connectivity index (χ4v) is 4.75. The lowest BCUT2D eigenvalue weighted by Gasteiger charge is -2.50. The number of hydrogen-bond donors (Lipinski definition) is 2. The van der Waals surface area contributed by atoms with Crippen LogP contribution in [0.4, 0.5) is 26.3 Å². The van der Waals surface area contributed by atoms with Crippen LogP contribution in [0.3, 0.4) is 0 Å². The van der Waals surface area contributed by atoms with E-state index in [1.54, 1.807) is 6.20 Å². The first-order valence-corrected chi connectivity index (χ1v) is 12.1. The van der Waals surface area contributed by atoms with Crippen LogP contribution >= 0.6 is 11.3 Å². The summed E-state index contributed by atoms with van der Waals surface area (Å²) in [5.74, 6) is -4.80. The number of halogens is 6. The minimum absolute atomic E-state index is 0.0886. The van der Waals surface area contributed by atoms with E-state index >= 15 is 0 Å². The van der Waals surface area contributed by atoms with Gasteiger partial charge in [0.2, 0.25) is 5.88 Å². The Balaban J connectivity index is 0.000000301. The lowest BCUT2D eigenvalue weighted by atomic mass is 9.73. The van der Waals surface area contributed by atoms with Crippen LogP contribution in [0.5, 0.6) is 5.88 Å². The van der Waals surface area contributed by atoms with Crippen LogP contribution in [-0.2, 0) is 20.9 Å². The number of nitrogens with zero attached hydrogens (tertiary/aromatic N) is 2. The van der Waals surface area contributed by atoms with Gasteiger partial charge in [0.1, 0.15) is 0 Å². The number of hydrogen-bond acceptors (Lipinski definition) is 7. The molecule has 0 radical (unpaired) electrons. The zero-order valence-corrected chi connectivity index (χ0v) is 20.7. The van der Waals surface area contributed by atoms with Gasteiger partial charge in [0.25, 0.3) is 0 Å². The van der Waals surface area contributed by atoms with E-state index in [0.29, 0.717) is 18.6 Å². The van der Waals surface area contributed by atoms with Crippen molar-refractivity contribution in [1.29, 1.82) is 0 Å². The Labute approximate surface area is 217 Å². The number of pyridine rings is 1. The third-order valence-electron chi connectivity index (χ3n) is 5.66. The van der Waals surface area contributed by atoms with E-state index in [2.05, 4.69) is 27.4 Å². The van der Waals surface area contributed by atoms with Gasteiger partial charge < -0.3 is 19.7 Å². The maximum Gasteiger partial charge on any atom is 0.490 e. The maximum atomic E-state index is 10.6. The number of aromatic nitrogens is 1. The molecule has 2 unspecified atom stereocenters. The number of ether oxygens (including phenoxy) is 2. The third kappa shape index (κ3) is 10.1. The zero-order chi connectivity index (χ0) is 28.4. The Morgan fingerprint density at radius 1 is 1.11 bits per heavy atom. The van der Waals surface area contributed by atoms with Crippen LogP contribution in [-0.4, -0.2) is 76.8 Å². The molecule has 0 spiro atoms. The number of aliphatic carboxylic acids is 2. The summed E-state index contributed by atoms with van der Waals surface area (Å²) in [6.07, 6.45) is -4.68. The summed E-state index contributed by atoms with van der Waals surface area (Å²) < 4.78 is 75.7. The second-order valence-electron chi connectivity index (χ2n) is 8.47. The van der Waals surface area contributed by atoms with Gasteiger partial charge in [0.15, 0.2) is 0 Å². The number of alkyl halides is 6. The number of rotatable bonds is 5. The highest BCUT2D eigenvalue weighted by Gasteiger charge is 2.46. The minimum Gasteiger partial charge on any atom is -0.477 e. The number of carbonyl (C=O) groups is 2. The van der Waals surface area contributed by atoms with E-state index in [-0.39, 0.29) is 5.41 Å². The van der Waals surface area contributed by atoms with E-state index in [4.69, 9.17) is 29.3 Å². The fraction of sp³-hybridized carbons (Fsp3) is 0.522. The van der Waals surface area contributed by atoms with E-state index in [9.17, 15) is 26.3 Å². The molecule has 0 bridgehead atoms. The first-order chi connectivity index (χ1) is 17.7. The van der Waals surface area contributed by atoms with Crippen LogP contribution in [0, 0.1) is 5.41 Å². The van der Waals surface area contributed by atoms with Crippen molar-refractivity contribution >= 4 is 23.3 Å². The largest absolute Gasteiger partial charge is 0.490 e. The van der Waals surface area contributed by atoms with E-state index in [0.717, 1.165) is 39.1 Å². The Morgan fingerprint density at radius 2 is 1.76 bits per heavy atom. The Kier molecular flexibility index (Phi) is 11.3. The van der Waals surface area contributed by atoms with E-state index in [1.807, 2.05) is 29.5 Å². The van der Waals surface area contributed by atoms with Crippen molar-refractivity contribution in [3.05, 3.63) is 46.8 Å². The van der Waals surface area contributed by atoms with Gasteiger partial charge in [0, 0.05) is 48.8 Å². The molecule has 2 fully saturated rings. The molecule has 2 aliphatic rings. The number of piperidine rings is 1. The monoisotopic (exact) mass is 572 g/mol. The summed E-state index contributed by atoms with van der Waals surface area (Å²) in [6.45, 7) is 4.77. The first kappa shape index (κ1) is 31.3. The van der Waals surface area contributed by atoms with Gasteiger partial charge in [-0.1, -0.05) is 12.1 Å². The van der Waals surface area contributed by atoms with Gasteiger partial charge in [-0.2, -0.15) is 26.3 Å². The van der Waals surface area contributed by atoms with Gasteiger partial charge >= 0.3 is 24.3 Å². The number of carboxylic acid groups (broad SMARTS) is 2. The second-order valence-corrected chi connectivity index (χ2v) is 9.50. The molecule has 0 amide bonds. The highest BCUT2D eigenvalue weighted by atomic mass is 32.1. The van der Waals surface area contributed by atoms with Crippen LogP contribution in [0.15, 0.2) is 41.9 Å². The molecule has 2 saturated heterocycles. The van der Waals surface area contributed by atoms with Gasteiger partial charge in [0.05, 0.1) is 12.7 Å². The Morgan fingerprint density at radius 3 is 2.29 bits per heavy atom. The summed E-state index contributed by atoms with van der Waals surface area (Å²) in [4.78, 5) is 26.1. The lowest BCUT2D eigenvalue weighted by Crippen LogP contribution is -2.57. The normalized spacial score (nSPS) is 21.6. The SMILES string of the molecule is O=C(O)C(F)(F)F.O=C(O)C(F)(F)F.c1ccc(OCC23CCCOC2CCN(Cc2cccs2)C3)nc1. The van der Waals surface area contributed by atoms with E-state index < -0.39 is 24.3 Å². The molecule has 4 heterocycles. The van der Waals surface area contributed by atoms with Crippen molar-refractivity contribution in [1.82, 2.24) is 9.88 Å². The molecule has 2 aromatic heterocycles. The highest BCUT2D eigenvalue weighted by Crippen LogP contribution is 2.41. The molecule has 38 heavy (non-hydrogen) atoms. The third-order valence-corrected chi connectivity index (χ3v) is 6.52. The highest BCUT2D eigenvalue weighted by molar-refractivity contribution is 7.09. The van der Waals surface area contributed by atoms with Crippen molar-refractivity contribution in [3.63, 3.8) is 0 Å². The predicted octanol–water partition coefficient (Wildman–Crippen LogP) is 4.86. The number of likely N-dealkylation sites (tertiary alicyclic amines) is 1. The molecule has 15 heteroatoms. The van der Waals surface area contributed by atoms with Crippen molar-refractivity contribution in [2.24, 2.45) is 5.41 Å². The van der Waals surface area contributed by atoms with Gasteiger partial charge in [-0.05, 0) is 36.8 Å². The van der Waals surface area contributed by atoms with Gasteiger partial charge in [-0.15, -0.1) is 11.3 Å². The molecule has 2 aliphatic heterocycles. The second kappa shape index (κ2) is 13.8. The predicted molar refractivity (Wildman–Crippen MR) is 123 cm³/mol. The first-order valence-electron chi connectivity index (χ1n) is 11.2. The molecular formula is C23H26F6N2O6S. The molecule has 0 aromatic carbocycles. The molecule has 2 aromatic rings. The van der Waals surface area contributed by atoms with Crippen molar-refractivity contribution < 1.29 is 55.6 Å². The molecule has 212 valence electrons. The topological polar surface area (TPSA) is 109 Å². The summed E-state index contributed by atoms with van der Waals surface area (Å²) in [7, 11) is 0. The number of carboxylic acids is 2. The number of thiophene rings is 1. The molecule has 0 saturated carbocycles. The summed E-state index contributed by atoms with van der Waals surface area (Å²) in [5, 5.41) is 16.4. The van der Waals surface area contributed by atoms with Gasteiger partial charge in [-0.25, -0.2) is 14.6 Å². The van der Waals surface area contributed by atoms with Crippen molar-refractivity contribution in [2.45, 2.75) is 44.3 Å². The summed E-state index contributed by atoms with van der Waals surface area (Å²) in [6, 6.07) is 10.2. The van der Waals surface area contributed by atoms with E-state index in [1.165, 1.54) is 11.3 Å². The van der Waals surface area contributed by atoms with Crippen LogP contribution in [0.2, 0.25) is 0 Å².